The van der Waals surface area contributed by atoms with Gasteiger partial charge in [0.1, 0.15) is 6.10 Å². The van der Waals surface area contributed by atoms with Gasteiger partial charge in [0.15, 0.2) is 0 Å². The summed E-state index contributed by atoms with van der Waals surface area (Å²) in [5.41, 5.74) is 15.7. The van der Waals surface area contributed by atoms with Crippen LogP contribution in [-0.2, 0) is 17.6 Å². The van der Waals surface area contributed by atoms with Crippen molar-refractivity contribution >= 4 is 34.0 Å². The van der Waals surface area contributed by atoms with Crippen LogP contribution in [0, 0.1) is 17.8 Å². The Morgan fingerprint density at radius 1 is 0.600 bits per heavy atom. The zero-order chi connectivity index (χ0) is 36.0. The number of allylic oxidation sites excluding steroid dienone is 13. The molecule has 8 aliphatic rings. The van der Waals surface area contributed by atoms with E-state index in [-0.39, 0.29) is 18.2 Å². The van der Waals surface area contributed by atoms with Crippen molar-refractivity contribution in [3.8, 4) is 11.1 Å². The average molecular weight is 719 g/mol. The molecule has 1 aliphatic heterocycles. The van der Waals surface area contributed by atoms with Gasteiger partial charge < -0.3 is 13.9 Å². The van der Waals surface area contributed by atoms with Gasteiger partial charge in [0.05, 0.1) is 18.2 Å². The number of fused-ring (bicyclic) bond motifs is 10. The summed E-state index contributed by atoms with van der Waals surface area (Å²) < 4.78 is 12.6. The summed E-state index contributed by atoms with van der Waals surface area (Å²) >= 11 is 0. The van der Waals surface area contributed by atoms with E-state index in [9.17, 15) is 0 Å². The van der Waals surface area contributed by atoms with Crippen LogP contribution in [0.25, 0.3) is 45.1 Å². The molecule has 0 bridgehead atoms. The number of benzene rings is 2. The summed E-state index contributed by atoms with van der Waals surface area (Å²) in [6.07, 6.45) is 49.3. The zero-order valence-electron chi connectivity index (χ0n) is 31.7. The van der Waals surface area contributed by atoms with Gasteiger partial charge in [0.25, 0.3) is 0 Å². The first-order valence-corrected chi connectivity index (χ1v) is 21.4. The molecule has 3 heterocycles. The highest BCUT2D eigenvalue weighted by atomic mass is 16.5. The minimum absolute atomic E-state index is 0.0836. The van der Waals surface area contributed by atoms with Crippen LogP contribution in [0.3, 0.4) is 0 Å². The van der Waals surface area contributed by atoms with Crippen molar-refractivity contribution in [2.45, 2.75) is 94.9 Å². The van der Waals surface area contributed by atoms with E-state index < -0.39 is 0 Å². The molecular weight excluding hydrogens is 669 g/mol. The second-order valence-corrected chi connectivity index (χ2v) is 17.3. The van der Waals surface area contributed by atoms with E-state index in [2.05, 4.69) is 137 Å². The Morgan fingerprint density at radius 3 is 2.15 bits per heavy atom. The summed E-state index contributed by atoms with van der Waals surface area (Å²) in [6.45, 7) is 0. The molecule has 1 fully saturated rings. The monoisotopic (exact) mass is 718 g/mol. The highest BCUT2D eigenvalue weighted by Crippen LogP contribution is 2.51. The van der Waals surface area contributed by atoms with Gasteiger partial charge in [-0.1, -0.05) is 103 Å². The van der Waals surface area contributed by atoms with E-state index in [0.717, 1.165) is 38.5 Å². The maximum absolute atomic E-state index is 7.18. The standard InChI is InChI=1S/C52H50N2O/c1-2-13-34(14-3-1)39-26-29-49(52-51(39)42-18-8-11-21-50(42)55-52)54-46-20-10-7-17-41(46)44-32-37(24-28-48(44)54)36-23-27-47-43(31-36)40-16-6-9-19-45(40)53(47)38-25-22-33-12-4-5-15-35(33)30-38/h2,4-8,12-13,15-18,23-24,26-34,38,42,49-50,52H,1,3,9-11,14,19-22,25H2. The third-order valence-electron chi connectivity index (χ3n) is 14.4. The second-order valence-electron chi connectivity index (χ2n) is 17.3. The number of aromatic nitrogens is 2. The fourth-order valence-corrected chi connectivity index (χ4v) is 11.9. The molecule has 3 heteroatoms. The van der Waals surface area contributed by atoms with Crippen LogP contribution in [-0.4, -0.2) is 21.3 Å². The summed E-state index contributed by atoms with van der Waals surface area (Å²) in [5, 5.41) is 2.77. The first-order chi connectivity index (χ1) is 27.3. The van der Waals surface area contributed by atoms with Crippen LogP contribution >= 0.6 is 0 Å². The Balaban J connectivity index is 0.958. The lowest BCUT2D eigenvalue weighted by atomic mass is 9.75. The molecular formula is C52H50N2O. The molecule has 2 aromatic heterocycles. The molecule has 4 aromatic rings. The van der Waals surface area contributed by atoms with Crippen molar-refractivity contribution in [3.05, 3.63) is 155 Å². The maximum atomic E-state index is 7.18. The predicted octanol–water partition coefficient (Wildman–Crippen LogP) is 12.7. The summed E-state index contributed by atoms with van der Waals surface area (Å²) in [4.78, 5) is 0. The maximum Gasteiger partial charge on any atom is 0.104 e. The van der Waals surface area contributed by atoms with Gasteiger partial charge in [-0.05, 0) is 123 Å². The van der Waals surface area contributed by atoms with Gasteiger partial charge in [-0.2, -0.15) is 0 Å². The quantitative estimate of drug-likeness (QED) is 0.192. The number of hydrogen-bond acceptors (Lipinski definition) is 1. The van der Waals surface area contributed by atoms with Crippen molar-refractivity contribution in [1.82, 2.24) is 9.13 Å². The SMILES string of the molecule is C1=CC2=CC(n3c4c(c5cc(-c6ccc7c(c6)c6c(n7C7C=CC(C8C=CCCC8)=C8C9C=CCCC9OC87)CCC=C6)ccc53)C=CCC4)CCC2C=C1. The Labute approximate surface area is 325 Å². The molecule has 7 atom stereocenters. The second kappa shape index (κ2) is 12.8. The Hall–Kier alpha value is -4.86. The third-order valence-corrected chi connectivity index (χ3v) is 14.4. The molecule has 1 saturated heterocycles. The highest BCUT2D eigenvalue weighted by Gasteiger charge is 2.47. The third kappa shape index (κ3) is 5.04. The van der Waals surface area contributed by atoms with Crippen molar-refractivity contribution in [1.29, 1.82) is 0 Å². The summed E-state index contributed by atoms with van der Waals surface area (Å²) in [5.74, 6) is 1.49. The van der Waals surface area contributed by atoms with Crippen LogP contribution < -0.4 is 0 Å². The lowest BCUT2D eigenvalue weighted by Crippen LogP contribution is -2.29. The van der Waals surface area contributed by atoms with Gasteiger partial charge in [0.2, 0.25) is 0 Å². The van der Waals surface area contributed by atoms with E-state index >= 15 is 0 Å². The molecule has 0 saturated carbocycles. The summed E-state index contributed by atoms with van der Waals surface area (Å²) in [7, 11) is 0. The number of ether oxygens (including phenoxy) is 1. The van der Waals surface area contributed by atoms with Gasteiger partial charge in [-0.15, -0.1) is 0 Å². The van der Waals surface area contributed by atoms with E-state index in [1.54, 1.807) is 5.57 Å². The Kier molecular flexibility index (Phi) is 7.57. The molecule has 274 valence electrons. The van der Waals surface area contributed by atoms with Crippen LogP contribution in [0.15, 0.2) is 132 Å². The Bertz CT molecular complexity index is 2550. The smallest absolute Gasteiger partial charge is 0.104 e. The fraction of sp³-hybridized carbons (Fsp3) is 0.346. The lowest BCUT2D eigenvalue weighted by molar-refractivity contribution is 0.0200. The van der Waals surface area contributed by atoms with Gasteiger partial charge in [0, 0.05) is 62.1 Å². The largest absolute Gasteiger partial charge is 0.367 e. The van der Waals surface area contributed by atoms with E-state index in [1.807, 2.05) is 0 Å². The van der Waals surface area contributed by atoms with Gasteiger partial charge >= 0.3 is 0 Å². The molecule has 0 N–H and O–H groups in total. The first kappa shape index (κ1) is 32.4. The normalized spacial score (nSPS) is 30.1. The molecule has 0 radical (unpaired) electrons. The molecule has 7 unspecified atom stereocenters. The fourth-order valence-electron chi connectivity index (χ4n) is 11.9. The van der Waals surface area contributed by atoms with Crippen LogP contribution in [0.5, 0.6) is 0 Å². The molecule has 12 rings (SSSR count). The topological polar surface area (TPSA) is 19.1 Å². The van der Waals surface area contributed by atoms with E-state index in [4.69, 9.17) is 4.74 Å². The average Bonchev–Trinajstić information content (AvgIpc) is 3.91. The predicted molar refractivity (Wildman–Crippen MR) is 228 cm³/mol. The van der Waals surface area contributed by atoms with E-state index in [1.165, 1.54) is 98.7 Å². The highest BCUT2D eigenvalue weighted by molar-refractivity contribution is 5.98. The molecule has 55 heavy (non-hydrogen) atoms. The number of hydrogen-bond donors (Lipinski definition) is 0. The van der Waals surface area contributed by atoms with Gasteiger partial charge in [-0.3, -0.25) is 0 Å². The first-order valence-electron chi connectivity index (χ1n) is 21.4. The molecule has 3 nitrogen and oxygen atoms in total. The zero-order valence-corrected chi connectivity index (χ0v) is 31.7. The minimum atomic E-state index is 0.0836. The van der Waals surface area contributed by atoms with Crippen LogP contribution in [0.1, 0.15) is 92.4 Å². The minimum Gasteiger partial charge on any atom is -0.367 e. The van der Waals surface area contributed by atoms with Crippen molar-refractivity contribution in [2.24, 2.45) is 17.8 Å². The number of rotatable bonds is 4. The van der Waals surface area contributed by atoms with Crippen molar-refractivity contribution in [2.75, 3.05) is 0 Å². The molecule has 0 spiro atoms. The molecule has 2 aromatic carbocycles. The molecule has 7 aliphatic carbocycles. The lowest BCUT2D eigenvalue weighted by Gasteiger charge is -2.33. The van der Waals surface area contributed by atoms with Crippen LogP contribution in [0.4, 0.5) is 0 Å². The van der Waals surface area contributed by atoms with Crippen LogP contribution in [0.2, 0.25) is 0 Å². The van der Waals surface area contributed by atoms with Crippen molar-refractivity contribution in [3.63, 3.8) is 0 Å². The summed E-state index contributed by atoms with van der Waals surface area (Å²) in [6, 6.07) is 15.2. The number of nitrogens with zero attached hydrogens (tertiary/aromatic N) is 2. The Morgan fingerprint density at radius 2 is 1.36 bits per heavy atom. The van der Waals surface area contributed by atoms with Crippen molar-refractivity contribution < 1.29 is 4.74 Å². The molecule has 0 amide bonds. The van der Waals surface area contributed by atoms with E-state index in [0.29, 0.717) is 23.8 Å². The van der Waals surface area contributed by atoms with Gasteiger partial charge in [-0.25, -0.2) is 0 Å².